The predicted octanol–water partition coefficient (Wildman–Crippen LogP) is 3.58. The molecule has 0 saturated carbocycles. The van der Waals surface area contributed by atoms with E-state index in [1.807, 2.05) is 0 Å². The van der Waals surface area contributed by atoms with E-state index in [-0.39, 0.29) is 11.5 Å². The highest BCUT2D eigenvalue weighted by Crippen LogP contribution is 2.24. The van der Waals surface area contributed by atoms with Crippen molar-refractivity contribution in [2.24, 2.45) is 0 Å². The van der Waals surface area contributed by atoms with Gasteiger partial charge in [0.2, 0.25) is 0 Å². The van der Waals surface area contributed by atoms with Crippen LogP contribution < -0.4 is 10.1 Å². The molecular formula is C14H11F3N2O5. The molecule has 0 aliphatic carbocycles. The SMILES string of the molecule is C[C@H](NC(=O)c1ccc([N+](=O)[O-])o1)c1ccc(OC(F)(F)F)cc1. The number of furan rings is 1. The Morgan fingerprint density at radius 3 is 2.38 bits per heavy atom. The molecule has 0 unspecified atom stereocenters. The van der Waals surface area contributed by atoms with Gasteiger partial charge < -0.3 is 14.5 Å². The van der Waals surface area contributed by atoms with Crippen molar-refractivity contribution in [1.82, 2.24) is 5.32 Å². The zero-order valence-electron chi connectivity index (χ0n) is 12.2. The number of hydrogen-bond donors (Lipinski definition) is 1. The number of rotatable bonds is 5. The van der Waals surface area contributed by atoms with Gasteiger partial charge in [0.1, 0.15) is 10.7 Å². The summed E-state index contributed by atoms with van der Waals surface area (Å²) in [6, 6.07) is 6.57. The van der Waals surface area contributed by atoms with Gasteiger partial charge in [-0.3, -0.25) is 14.9 Å². The number of carbonyl (C=O) groups is 1. The lowest BCUT2D eigenvalue weighted by molar-refractivity contribution is -0.402. The zero-order valence-corrected chi connectivity index (χ0v) is 12.2. The number of alkyl halides is 3. The molecule has 0 radical (unpaired) electrons. The smallest absolute Gasteiger partial charge is 0.406 e. The van der Waals surface area contributed by atoms with Crippen molar-refractivity contribution in [1.29, 1.82) is 0 Å². The summed E-state index contributed by atoms with van der Waals surface area (Å²) in [5.74, 6) is -1.88. The number of amides is 1. The summed E-state index contributed by atoms with van der Waals surface area (Å²) in [4.78, 5) is 21.6. The van der Waals surface area contributed by atoms with Gasteiger partial charge in [-0.05, 0) is 30.7 Å². The van der Waals surface area contributed by atoms with Crippen molar-refractivity contribution >= 4 is 11.8 Å². The first kappa shape index (κ1) is 17.3. The van der Waals surface area contributed by atoms with E-state index in [1.54, 1.807) is 6.92 Å². The van der Waals surface area contributed by atoms with Crippen molar-refractivity contribution in [3.63, 3.8) is 0 Å². The molecule has 0 aliphatic heterocycles. The first-order chi connectivity index (χ1) is 11.2. The van der Waals surface area contributed by atoms with Gasteiger partial charge in [0.25, 0.3) is 5.91 Å². The Kier molecular flexibility index (Phi) is 4.77. The third-order valence-electron chi connectivity index (χ3n) is 2.96. The maximum atomic E-state index is 12.1. The Balaban J connectivity index is 2.02. The lowest BCUT2D eigenvalue weighted by Crippen LogP contribution is -2.26. The number of hydrogen-bond acceptors (Lipinski definition) is 5. The molecule has 1 aromatic heterocycles. The van der Waals surface area contributed by atoms with Crippen LogP contribution in [0.3, 0.4) is 0 Å². The highest BCUT2D eigenvalue weighted by molar-refractivity contribution is 5.91. The Bertz CT molecular complexity index is 740. The van der Waals surface area contributed by atoms with Crippen LogP contribution in [0.5, 0.6) is 5.75 Å². The standard InChI is InChI=1S/C14H11F3N2O5/c1-8(9-2-4-10(5-3-9)24-14(15,16)17)18-13(20)11-6-7-12(23-11)19(21)22/h2-8H,1H3,(H,18,20)/t8-/m0/s1. The summed E-state index contributed by atoms with van der Waals surface area (Å²) in [6.45, 7) is 1.59. The normalized spacial score (nSPS) is 12.5. The molecule has 0 fully saturated rings. The number of nitro groups is 1. The number of nitrogens with one attached hydrogen (secondary N) is 1. The summed E-state index contributed by atoms with van der Waals surface area (Å²) >= 11 is 0. The minimum atomic E-state index is -4.78. The number of benzene rings is 1. The van der Waals surface area contributed by atoms with E-state index in [9.17, 15) is 28.1 Å². The summed E-state index contributed by atoms with van der Waals surface area (Å²) in [6.07, 6.45) is -4.78. The second-order valence-electron chi connectivity index (χ2n) is 4.71. The van der Waals surface area contributed by atoms with Crippen LogP contribution in [0.2, 0.25) is 0 Å². The molecule has 7 nitrogen and oxygen atoms in total. The molecule has 1 atom stereocenters. The molecule has 24 heavy (non-hydrogen) atoms. The Hall–Kier alpha value is -3.04. The molecule has 0 aliphatic rings. The van der Waals surface area contributed by atoms with Gasteiger partial charge in [0.15, 0.2) is 5.76 Å². The van der Waals surface area contributed by atoms with Crippen LogP contribution in [0.1, 0.15) is 29.1 Å². The number of nitrogens with zero attached hydrogens (tertiary/aromatic N) is 1. The molecule has 0 spiro atoms. The zero-order chi connectivity index (χ0) is 17.9. The van der Waals surface area contributed by atoms with Crippen molar-refractivity contribution < 1.29 is 32.0 Å². The van der Waals surface area contributed by atoms with Gasteiger partial charge in [-0.25, -0.2) is 0 Å². The molecule has 1 amide bonds. The molecule has 0 bridgehead atoms. The van der Waals surface area contributed by atoms with Gasteiger partial charge in [-0.1, -0.05) is 12.1 Å². The molecule has 1 aromatic carbocycles. The maximum absolute atomic E-state index is 12.1. The first-order valence-corrected chi connectivity index (χ1v) is 6.56. The van der Waals surface area contributed by atoms with E-state index >= 15 is 0 Å². The fourth-order valence-electron chi connectivity index (χ4n) is 1.86. The van der Waals surface area contributed by atoms with Crippen LogP contribution in [-0.2, 0) is 0 Å². The molecule has 2 rings (SSSR count). The fraction of sp³-hybridized carbons (Fsp3) is 0.214. The highest BCUT2D eigenvalue weighted by atomic mass is 19.4. The molecule has 10 heteroatoms. The van der Waals surface area contributed by atoms with Crippen LogP contribution in [0.4, 0.5) is 19.1 Å². The van der Waals surface area contributed by atoms with Gasteiger partial charge in [0, 0.05) is 0 Å². The van der Waals surface area contributed by atoms with E-state index in [1.165, 1.54) is 12.1 Å². The molecule has 1 N–H and O–H groups in total. The number of ether oxygens (including phenoxy) is 1. The van der Waals surface area contributed by atoms with Crippen LogP contribution in [0.25, 0.3) is 0 Å². The van der Waals surface area contributed by atoms with Gasteiger partial charge in [0.05, 0.1) is 12.1 Å². The summed E-state index contributed by atoms with van der Waals surface area (Å²) in [5, 5.41) is 13.0. The van der Waals surface area contributed by atoms with Crippen LogP contribution in [0.15, 0.2) is 40.8 Å². The van der Waals surface area contributed by atoms with Crippen LogP contribution in [-0.4, -0.2) is 17.2 Å². The topological polar surface area (TPSA) is 94.6 Å². The third kappa shape index (κ3) is 4.48. The lowest BCUT2D eigenvalue weighted by Gasteiger charge is -2.14. The largest absolute Gasteiger partial charge is 0.573 e. The highest BCUT2D eigenvalue weighted by Gasteiger charge is 2.31. The monoisotopic (exact) mass is 344 g/mol. The summed E-state index contributed by atoms with van der Waals surface area (Å²) in [5.41, 5.74) is 0.513. The molecule has 0 saturated heterocycles. The van der Waals surface area contributed by atoms with E-state index in [2.05, 4.69) is 10.1 Å². The van der Waals surface area contributed by atoms with Crippen molar-refractivity contribution in [2.45, 2.75) is 19.3 Å². The van der Waals surface area contributed by atoms with Gasteiger partial charge in [-0.15, -0.1) is 13.2 Å². The average molecular weight is 344 g/mol. The molecular weight excluding hydrogens is 333 g/mol. The lowest BCUT2D eigenvalue weighted by atomic mass is 10.1. The van der Waals surface area contributed by atoms with Crippen molar-refractivity contribution in [2.75, 3.05) is 0 Å². The van der Waals surface area contributed by atoms with E-state index < -0.39 is 29.1 Å². The number of halogens is 3. The van der Waals surface area contributed by atoms with Gasteiger partial charge >= 0.3 is 12.2 Å². The van der Waals surface area contributed by atoms with E-state index in [0.717, 1.165) is 24.3 Å². The van der Waals surface area contributed by atoms with E-state index in [0.29, 0.717) is 5.56 Å². The Morgan fingerprint density at radius 2 is 1.88 bits per heavy atom. The quantitative estimate of drug-likeness (QED) is 0.661. The second kappa shape index (κ2) is 6.60. The minimum absolute atomic E-state index is 0.245. The Labute approximate surface area is 133 Å². The van der Waals surface area contributed by atoms with Crippen LogP contribution >= 0.6 is 0 Å². The van der Waals surface area contributed by atoms with Gasteiger partial charge in [-0.2, -0.15) is 0 Å². The predicted molar refractivity (Wildman–Crippen MR) is 74.4 cm³/mol. The average Bonchev–Trinajstić information content (AvgIpc) is 2.96. The summed E-state index contributed by atoms with van der Waals surface area (Å²) in [7, 11) is 0. The fourth-order valence-corrected chi connectivity index (χ4v) is 1.86. The third-order valence-corrected chi connectivity index (χ3v) is 2.96. The molecule has 1 heterocycles. The first-order valence-electron chi connectivity index (χ1n) is 6.56. The van der Waals surface area contributed by atoms with Crippen molar-refractivity contribution in [3.05, 3.63) is 57.8 Å². The van der Waals surface area contributed by atoms with Crippen molar-refractivity contribution in [3.8, 4) is 5.75 Å². The molecule has 128 valence electrons. The van der Waals surface area contributed by atoms with Crippen LogP contribution in [0, 0.1) is 10.1 Å². The number of carbonyl (C=O) groups excluding carboxylic acids is 1. The maximum Gasteiger partial charge on any atom is 0.573 e. The Morgan fingerprint density at radius 1 is 1.25 bits per heavy atom. The minimum Gasteiger partial charge on any atom is -0.406 e. The van der Waals surface area contributed by atoms with E-state index in [4.69, 9.17) is 4.42 Å². The second-order valence-corrected chi connectivity index (χ2v) is 4.71. The molecule has 2 aromatic rings. The summed E-state index contributed by atoms with van der Waals surface area (Å²) < 4.78 is 44.8.